The lowest BCUT2D eigenvalue weighted by atomic mass is 9.81. The van der Waals surface area contributed by atoms with Crippen molar-refractivity contribution in [3.05, 3.63) is 215 Å². The molecule has 0 radical (unpaired) electrons. The summed E-state index contributed by atoms with van der Waals surface area (Å²) in [7, 11) is 0. The van der Waals surface area contributed by atoms with Gasteiger partial charge in [-0.3, -0.25) is 0 Å². The molecule has 276 valence electrons. The van der Waals surface area contributed by atoms with Crippen LogP contribution in [0, 0.1) is 11.8 Å². The molecule has 0 bridgehead atoms. The molecule has 11 rings (SSSR count). The van der Waals surface area contributed by atoms with Gasteiger partial charge in [-0.1, -0.05) is 143 Å². The number of nitrogens with zero attached hydrogens (tertiary/aromatic N) is 2. The lowest BCUT2D eigenvalue weighted by molar-refractivity contribution is 0.660. The van der Waals surface area contributed by atoms with Gasteiger partial charge in [0, 0.05) is 55.5 Å². The van der Waals surface area contributed by atoms with Crippen LogP contribution >= 0.6 is 0 Å². The predicted octanol–water partition coefficient (Wildman–Crippen LogP) is 14.3. The van der Waals surface area contributed by atoms with Gasteiger partial charge in [0.1, 0.15) is 0 Å². The number of benzene rings is 8. The monoisotopic (exact) mass is 742 g/mol. The van der Waals surface area contributed by atoms with E-state index in [0.29, 0.717) is 0 Å². The maximum Gasteiger partial charge on any atom is 0.0588 e. The van der Waals surface area contributed by atoms with Crippen molar-refractivity contribution in [2.45, 2.75) is 38.5 Å². The van der Waals surface area contributed by atoms with Crippen LogP contribution in [-0.4, -0.2) is 4.57 Å². The van der Waals surface area contributed by atoms with E-state index in [9.17, 15) is 0 Å². The van der Waals surface area contributed by atoms with Crippen LogP contribution in [0.25, 0.3) is 49.7 Å². The van der Waals surface area contributed by atoms with Crippen molar-refractivity contribution in [2.24, 2.45) is 0 Å². The van der Waals surface area contributed by atoms with E-state index in [0.717, 1.165) is 28.2 Å². The molecule has 0 spiro atoms. The Morgan fingerprint density at radius 2 is 0.914 bits per heavy atom. The Labute approximate surface area is 340 Å². The van der Waals surface area contributed by atoms with Crippen molar-refractivity contribution in [3.8, 4) is 39.8 Å². The van der Waals surface area contributed by atoms with Gasteiger partial charge in [0.05, 0.1) is 11.0 Å². The molecule has 0 saturated carbocycles. The molecule has 1 aromatic heterocycles. The van der Waals surface area contributed by atoms with E-state index < -0.39 is 0 Å². The van der Waals surface area contributed by atoms with Gasteiger partial charge in [0.25, 0.3) is 0 Å². The number of hydrogen-bond donors (Lipinski definition) is 0. The normalized spacial score (nSPS) is 14.0. The van der Waals surface area contributed by atoms with Gasteiger partial charge in [-0.2, -0.15) is 0 Å². The zero-order chi connectivity index (χ0) is 39.2. The zero-order valence-electron chi connectivity index (χ0n) is 33.2. The molecule has 1 heterocycles. The molecule has 0 saturated heterocycles. The highest BCUT2D eigenvalue weighted by molar-refractivity contribution is 6.13. The largest absolute Gasteiger partial charge is 0.310 e. The molecule has 0 aliphatic heterocycles. The summed E-state index contributed by atoms with van der Waals surface area (Å²) in [4.78, 5) is 2.35. The highest BCUT2D eigenvalue weighted by Crippen LogP contribution is 2.54. The van der Waals surface area contributed by atoms with Crippen LogP contribution < -0.4 is 4.90 Å². The molecule has 0 fully saturated rings. The fraction of sp³-hybridized carbons (Fsp3) is 0.107. The number of para-hydroxylation sites is 4. The Morgan fingerprint density at radius 3 is 1.55 bits per heavy atom. The third kappa shape index (κ3) is 5.07. The van der Waals surface area contributed by atoms with Crippen molar-refractivity contribution >= 4 is 38.9 Å². The number of aromatic nitrogens is 1. The summed E-state index contributed by atoms with van der Waals surface area (Å²) in [5.74, 6) is 7.17. The lowest BCUT2D eigenvalue weighted by Crippen LogP contribution is -2.17. The minimum Gasteiger partial charge on any atom is -0.310 e. The molecule has 58 heavy (non-hydrogen) atoms. The second-order valence-electron chi connectivity index (χ2n) is 16.8. The van der Waals surface area contributed by atoms with Crippen molar-refractivity contribution in [3.63, 3.8) is 0 Å². The standard InChI is InChI=1S/C56H42N2/c1-55(2)49-34-37(26-29-43(49)44-31-28-42(36-51(44)55)57(39-16-8-5-9-17-39)40-18-10-6-11-19-40)24-25-38-27-30-45-47-32-33-48-46-22-14-15-23-52(46)58(41-20-12-7-13-21-41)54(48)53(47)56(3,4)50(45)35-38/h5-23,26-36H,1-4H3. The predicted molar refractivity (Wildman–Crippen MR) is 243 cm³/mol. The van der Waals surface area contributed by atoms with E-state index in [1.54, 1.807) is 0 Å². The van der Waals surface area contributed by atoms with Crippen molar-refractivity contribution < 1.29 is 0 Å². The van der Waals surface area contributed by atoms with Crippen LogP contribution in [0.1, 0.15) is 61.1 Å². The lowest BCUT2D eigenvalue weighted by Gasteiger charge is -2.28. The van der Waals surface area contributed by atoms with Gasteiger partial charge < -0.3 is 9.47 Å². The molecule has 2 aliphatic carbocycles. The maximum atomic E-state index is 3.59. The smallest absolute Gasteiger partial charge is 0.0588 e. The topological polar surface area (TPSA) is 8.17 Å². The Hall–Kier alpha value is -7.08. The molecule has 2 nitrogen and oxygen atoms in total. The molecule has 0 N–H and O–H groups in total. The van der Waals surface area contributed by atoms with E-state index in [4.69, 9.17) is 0 Å². The average Bonchev–Trinajstić information content (AvgIpc) is 3.80. The van der Waals surface area contributed by atoms with Crippen LogP contribution in [0.4, 0.5) is 17.1 Å². The van der Waals surface area contributed by atoms with Crippen LogP contribution in [0.15, 0.2) is 182 Å². The molecule has 0 amide bonds. The molecule has 9 aromatic rings. The Bertz CT molecular complexity index is 3120. The van der Waals surface area contributed by atoms with Crippen molar-refractivity contribution in [1.82, 2.24) is 4.57 Å². The van der Waals surface area contributed by atoms with Gasteiger partial charge >= 0.3 is 0 Å². The Kier molecular flexibility index (Phi) is 7.50. The van der Waals surface area contributed by atoms with Gasteiger partial charge in [-0.25, -0.2) is 0 Å². The van der Waals surface area contributed by atoms with E-state index in [1.807, 2.05) is 0 Å². The average molecular weight is 743 g/mol. The molecule has 8 aromatic carbocycles. The summed E-state index contributed by atoms with van der Waals surface area (Å²) in [5.41, 5.74) is 19.4. The summed E-state index contributed by atoms with van der Waals surface area (Å²) >= 11 is 0. The van der Waals surface area contributed by atoms with Crippen LogP contribution in [0.2, 0.25) is 0 Å². The first-order valence-corrected chi connectivity index (χ1v) is 20.3. The molecule has 0 unspecified atom stereocenters. The first-order valence-electron chi connectivity index (χ1n) is 20.3. The zero-order valence-corrected chi connectivity index (χ0v) is 33.2. The van der Waals surface area contributed by atoms with Crippen molar-refractivity contribution in [1.29, 1.82) is 0 Å². The first kappa shape index (κ1) is 34.2. The third-order valence-corrected chi connectivity index (χ3v) is 12.8. The number of fused-ring (bicyclic) bond motifs is 10. The third-order valence-electron chi connectivity index (χ3n) is 12.8. The minimum absolute atomic E-state index is 0.186. The van der Waals surface area contributed by atoms with Gasteiger partial charge in [0.2, 0.25) is 0 Å². The van der Waals surface area contributed by atoms with E-state index in [1.165, 1.54) is 72.0 Å². The number of rotatable bonds is 4. The second-order valence-corrected chi connectivity index (χ2v) is 16.8. The number of hydrogen-bond acceptors (Lipinski definition) is 1. The summed E-state index contributed by atoms with van der Waals surface area (Å²) in [6.45, 7) is 9.46. The second kappa shape index (κ2) is 12.7. The molecule has 0 atom stereocenters. The van der Waals surface area contributed by atoms with E-state index >= 15 is 0 Å². The highest BCUT2D eigenvalue weighted by atomic mass is 15.1. The molecular weight excluding hydrogens is 701 g/mol. The van der Waals surface area contributed by atoms with Gasteiger partial charge in [-0.15, -0.1) is 0 Å². The molecular formula is C56H42N2. The van der Waals surface area contributed by atoms with E-state index in [-0.39, 0.29) is 10.8 Å². The SMILES string of the molecule is CC1(C)c2cc(C#Cc3ccc4c(c3)C(C)(C)c3c-4ccc4c5ccccc5n(-c5ccccc5)c34)ccc2-c2ccc(N(c3ccccc3)c3ccccc3)cc21. The van der Waals surface area contributed by atoms with Crippen LogP contribution in [0.3, 0.4) is 0 Å². The first-order chi connectivity index (χ1) is 28.3. The Balaban J connectivity index is 0.951. The van der Waals surface area contributed by atoms with Crippen LogP contribution in [0.5, 0.6) is 0 Å². The van der Waals surface area contributed by atoms with E-state index in [2.05, 4.69) is 231 Å². The number of anilines is 3. The summed E-state index contributed by atoms with van der Waals surface area (Å²) < 4.78 is 2.47. The summed E-state index contributed by atoms with van der Waals surface area (Å²) in [5, 5.41) is 2.58. The highest BCUT2D eigenvalue weighted by Gasteiger charge is 2.39. The van der Waals surface area contributed by atoms with Crippen LogP contribution in [-0.2, 0) is 10.8 Å². The Morgan fingerprint density at radius 1 is 0.414 bits per heavy atom. The van der Waals surface area contributed by atoms with Gasteiger partial charge in [-0.05, 0) is 123 Å². The molecule has 2 aliphatic rings. The minimum atomic E-state index is -0.221. The van der Waals surface area contributed by atoms with Gasteiger partial charge in [0.15, 0.2) is 0 Å². The fourth-order valence-electron chi connectivity index (χ4n) is 9.96. The fourth-order valence-corrected chi connectivity index (χ4v) is 9.96. The molecule has 2 heteroatoms. The summed E-state index contributed by atoms with van der Waals surface area (Å²) in [6.07, 6.45) is 0. The maximum absolute atomic E-state index is 3.59. The van der Waals surface area contributed by atoms with Crippen molar-refractivity contribution in [2.75, 3.05) is 4.90 Å². The summed E-state index contributed by atoms with van der Waals surface area (Å²) in [6, 6.07) is 66.1. The quantitative estimate of drug-likeness (QED) is 0.163.